The van der Waals surface area contributed by atoms with Gasteiger partial charge in [-0.2, -0.15) is 5.53 Å². The number of hydrogen-bond acceptors (Lipinski definition) is 5. The van der Waals surface area contributed by atoms with Gasteiger partial charge in [-0.25, -0.2) is 0 Å². The molecule has 0 aromatic heterocycles. The fourth-order valence-electron chi connectivity index (χ4n) is 2.67. The summed E-state index contributed by atoms with van der Waals surface area (Å²) < 4.78 is 4.87. The molecule has 0 spiro atoms. The maximum atomic E-state index is 12.0. The van der Waals surface area contributed by atoms with Crippen molar-refractivity contribution in [3.8, 4) is 0 Å². The highest BCUT2D eigenvalue weighted by Gasteiger charge is 2.08. The Morgan fingerprint density at radius 3 is 2.65 bits per heavy atom. The molecule has 7 heteroatoms. The zero-order chi connectivity index (χ0) is 19.2. The van der Waals surface area contributed by atoms with E-state index in [2.05, 4.69) is 10.4 Å². The minimum absolute atomic E-state index is 0.00260. The van der Waals surface area contributed by atoms with Crippen molar-refractivity contribution in [3.63, 3.8) is 0 Å². The first-order valence-electron chi connectivity index (χ1n) is 9.20. The molecule has 0 heterocycles. The molecule has 0 bridgehead atoms. The van der Waals surface area contributed by atoms with Gasteiger partial charge in [-0.1, -0.05) is 24.6 Å². The summed E-state index contributed by atoms with van der Waals surface area (Å²) in [5.74, 6) is -0.171. The van der Waals surface area contributed by atoms with E-state index in [1.54, 1.807) is 6.92 Å². The number of ether oxygens (including phenoxy) is 1. The standard InChI is InChI=1S/C19H30N4O3/c1-2-26-19(25)7-5-3-4-6-18(24)22-13-16-9-8-15(10-11-20)12-17(16)14-23-21/h8-9,12,21H,2-7,10-11,13-14,20H2,1H3,(H,22,24)/p+1. The summed E-state index contributed by atoms with van der Waals surface area (Å²) >= 11 is 0. The second-order valence-electron chi connectivity index (χ2n) is 6.12. The Bertz CT molecular complexity index is 590. The number of nitrogens with one attached hydrogen (secondary N) is 1. The van der Waals surface area contributed by atoms with Crippen LogP contribution < -0.4 is 16.6 Å². The monoisotopic (exact) mass is 363 g/mol. The zero-order valence-electron chi connectivity index (χ0n) is 15.6. The van der Waals surface area contributed by atoms with E-state index in [4.69, 9.17) is 16.0 Å². The summed E-state index contributed by atoms with van der Waals surface area (Å²) in [5, 5.41) is 6.64. The molecule has 0 aliphatic rings. The molecule has 144 valence electrons. The molecule has 1 aromatic rings. The Balaban J connectivity index is 2.35. The third kappa shape index (κ3) is 8.71. The molecule has 0 fully saturated rings. The molecule has 0 atom stereocenters. The molecule has 5 N–H and O–H groups in total. The van der Waals surface area contributed by atoms with Gasteiger partial charge in [0.2, 0.25) is 5.91 Å². The van der Waals surface area contributed by atoms with Crippen LogP contribution in [-0.4, -0.2) is 25.0 Å². The quantitative estimate of drug-likeness (QED) is 0.275. The van der Waals surface area contributed by atoms with E-state index in [1.807, 2.05) is 18.2 Å². The number of unbranched alkanes of at least 4 members (excludes halogenated alkanes) is 2. The lowest BCUT2D eigenvalue weighted by atomic mass is 10.0. The van der Waals surface area contributed by atoms with E-state index in [0.29, 0.717) is 39.1 Å². The van der Waals surface area contributed by atoms with E-state index in [0.717, 1.165) is 42.4 Å². The molecule has 26 heavy (non-hydrogen) atoms. The number of hydrogen-bond donors (Lipinski definition) is 3. The van der Waals surface area contributed by atoms with Crippen molar-refractivity contribution in [2.75, 3.05) is 13.2 Å². The topological polar surface area (TPSA) is 119 Å². The SMILES string of the molecule is CCOC(=O)CCCCCC(=O)NCc1ccc(CCN)cc1CN=[NH2+]. The Labute approximate surface area is 155 Å². The van der Waals surface area contributed by atoms with Crippen LogP contribution in [0.1, 0.15) is 55.7 Å². The number of carbonyl (C=O) groups excluding carboxylic acids is 2. The van der Waals surface area contributed by atoms with Gasteiger partial charge in [0.1, 0.15) is 6.54 Å². The third-order valence-corrected chi connectivity index (χ3v) is 4.03. The Morgan fingerprint density at radius 1 is 1.19 bits per heavy atom. The van der Waals surface area contributed by atoms with E-state index in [-0.39, 0.29) is 11.9 Å². The predicted molar refractivity (Wildman–Crippen MR) is 98.8 cm³/mol. The molecule has 0 aliphatic heterocycles. The van der Waals surface area contributed by atoms with Gasteiger partial charge in [-0.15, -0.1) is 0 Å². The van der Waals surface area contributed by atoms with Crippen LogP contribution in [0.3, 0.4) is 0 Å². The molecule has 1 rings (SSSR count). The minimum Gasteiger partial charge on any atom is -0.466 e. The summed E-state index contributed by atoms with van der Waals surface area (Å²) in [6, 6.07) is 6.05. The van der Waals surface area contributed by atoms with Crippen LogP contribution in [-0.2, 0) is 33.8 Å². The number of benzene rings is 1. The van der Waals surface area contributed by atoms with Gasteiger partial charge in [0.25, 0.3) is 0 Å². The van der Waals surface area contributed by atoms with Gasteiger partial charge < -0.3 is 15.8 Å². The second kappa shape index (κ2) is 13.0. The largest absolute Gasteiger partial charge is 0.466 e. The van der Waals surface area contributed by atoms with E-state index in [9.17, 15) is 9.59 Å². The van der Waals surface area contributed by atoms with Gasteiger partial charge in [0.15, 0.2) is 0 Å². The molecule has 7 nitrogen and oxygen atoms in total. The molecular formula is C19H31N4O3+. The lowest BCUT2D eigenvalue weighted by molar-refractivity contribution is -0.223. The average Bonchev–Trinajstić information content (AvgIpc) is 2.61. The second-order valence-corrected chi connectivity index (χ2v) is 6.12. The Morgan fingerprint density at radius 2 is 1.96 bits per heavy atom. The van der Waals surface area contributed by atoms with Gasteiger partial charge in [0, 0.05) is 19.4 Å². The van der Waals surface area contributed by atoms with Crippen molar-refractivity contribution in [2.24, 2.45) is 10.8 Å². The summed E-state index contributed by atoms with van der Waals surface area (Å²) in [5.41, 5.74) is 14.1. The minimum atomic E-state index is -0.173. The van der Waals surface area contributed by atoms with Gasteiger partial charge in [-0.05, 0) is 54.5 Å². The first-order chi connectivity index (χ1) is 12.6. The maximum Gasteiger partial charge on any atom is 0.305 e. The van der Waals surface area contributed by atoms with E-state index in [1.165, 1.54) is 0 Å². The van der Waals surface area contributed by atoms with Crippen molar-refractivity contribution in [1.82, 2.24) is 5.32 Å². The normalized spacial score (nSPS) is 10.4. The van der Waals surface area contributed by atoms with E-state index < -0.39 is 0 Å². The lowest BCUT2D eigenvalue weighted by Gasteiger charge is -2.11. The fraction of sp³-hybridized carbons (Fsp3) is 0.579. The lowest BCUT2D eigenvalue weighted by Crippen LogP contribution is -2.25. The Hall–Kier alpha value is -2.28. The molecule has 0 unspecified atom stereocenters. The highest BCUT2D eigenvalue weighted by Crippen LogP contribution is 2.14. The van der Waals surface area contributed by atoms with Crippen molar-refractivity contribution in [3.05, 3.63) is 34.9 Å². The molecule has 0 saturated heterocycles. The number of nitrogens with zero attached hydrogens (tertiary/aromatic N) is 1. The zero-order valence-corrected chi connectivity index (χ0v) is 15.6. The summed E-state index contributed by atoms with van der Waals surface area (Å²) in [4.78, 5) is 23.2. The van der Waals surface area contributed by atoms with Crippen molar-refractivity contribution in [2.45, 2.75) is 58.5 Å². The third-order valence-electron chi connectivity index (χ3n) is 4.03. The van der Waals surface area contributed by atoms with Crippen LogP contribution in [0.2, 0.25) is 0 Å². The number of nitrogens with two attached hydrogens (primary N) is 2. The highest BCUT2D eigenvalue weighted by molar-refractivity contribution is 5.75. The van der Waals surface area contributed by atoms with Gasteiger partial charge >= 0.3 is 5.97 Å². The summed E-state index contributed by atoms with van der Waals surface area (Å²) in [6.07, 6.45) is 4.00. The number of rotatable bonds is 13. The predicted octanol–water partition coefficient (Wildman–Crippen LogP) is 1.03. The van der Waals surface area contributed by atoms with Crippen LogP contribution in [0.25, 0.3) is 0 Å². The van der Waals surface area contributed by atoms with Crippen molar-refractivity contribution >= 4 is 11.9 Å². The molecule has 1 aromatic carbocycles. The van der Waals surface area contributed by atoms with Crippen LogP contribution in [0.15, 0.2) is 23.3 Å². The van der Waals surface area contributed by atoms with Gasteiger partial charge in [0.05, 0.1) is 6.61 Å². The van der Waals surface area contributed by atoms with Crippen LogP contribution in [0.5, 0.6) is 0 Å². The van der Waals surface area contributed by atoms with Crippen molar-refractivity contribution in [1.29, 1.82) is 0 Å². The average molecular weight is 363 g/mol. The maximum absolute atomic E-state index is 12.0. The number of carbonyl (C=O) groups is 2. The molecule has 0 aliphatic carbocycles. The number of amides is 1. The van der Waals surface area contributed by atoms with Crippen LogP contribution >= 0.6 is 0 Å². The molecule has 0 radical (unpaired) electrons. The first kappa shape index (κ1) is 21.8. The number of esters is 1. The first-order valence-corrected chi connectivity index (χ1v) is 9.20. The Kier molecular flexibility index (Phi) is 10.9. The van der Waals surface area contributed by atoms with Crippen LogP contribution in [0, 0.1) is 0 Å². The highest BCUT2D eigenvalue weighted by atomic mass is 16.5. The summed E-state index contributed by atoms with van der Waals surface area (Å²) in [7, 11) is 0. The fourth-order valence-corrected chi connectivity index (χ4v) is 2.67. The summed E-state index contributed by atoms with van der Waals surface area (Å²) in [6.45, 7) is 3.66. The molecule has 0 saturated carbocycles. The van der Waals surface area contributed by atoms with Crippen molar-refractivity contribution < 1.29 is 19.9 Å². The van der Waals surface area contributed by atoms with E-state index >= 15 is 0 Å². The molecular weight excluding hydrogens is 332 g/mol. The van der Waals surface area contributed by atoms with Crippen LogP contribution in [0.4, 0.5) is 0 Å². The van der Waals surface area contributed by atoms with Gasteiger partial charge in [-0.3, -0.25) is 9.59 Å². The molecule has 1 amide bonds. The smallest absolute Gasteiger partial charge is 0.305 e.